The summed E-state index contributed by atoms with van der Waals surface area (Å²) in [7, 11) is 0. The van der Waals surface area contributed by atoms with Crippen LogP contribution in [0.3, 0.4) is 0 Å². The lowest BCUT2D eigenvalue weighted by molar-refractivity contribution is -0.138. The van der Waals surface area contributed by atoms with Crippen LogP contribution in [0.4, 0.5) is 11.4 Å². The molecule has 0 radical (unpaired) electrons. The van der Waals surface area contributed by atoms with Crippen molar-refractivity contribution in [1.82, 2.24) is 0 Å². The van der Waals surface area contributed by atoms with Gasteiger partial charge in [0.1, 0.15) is 6.04 Å². The maximum atomic E-state index is 11.3. The normalized spacial score (nSPS) is 18.3. The fourth-order valence-electron chi connectivity index (χ4n) is 1.73. The summed E-state index contributed by atoms with van der Waals surface area (Å²) in [5.41, 5.74) is 1.59. The molecule has 18 heavy (non-hydrogen) atoms. The van der Waals surface area contributed by atoms with Gasteiger partial charge >= 0.3 is 5.97 Å². The average Bonchev–Trinajstić information content (AvgIpc) is 2.77. The smallest absolute Gasteiger partial charge is 0.328 e. The van der Waals surface area contributed by atoms with Crippen LogP contribution in [0.5, 0.6) is 0 Å². The largest absolute Gasteiger partial charge is 0.464 e. The van der Waals surface area contributed by atoms with Gasteiger partial charge in [0, 0.05) is 24.2 Å². The molecule has 0 bridgehead atoms. The molecule has 1 fully saturated rings. The first kappa shape index (κ1) is 12.4. The van der Waals surface area contributed by atoms with Gasteiger partial charge in [0.2, 0.25) is 5.91 Å². The number of carbonyl (C=O) groups excluding carboxylic acids is 2. The molecule has 0 aromatic heterocycles. The van der Waals surface area contributed by atoms with Gasteiger partial charge in [-0.15, -0.1) is 0 Å². The number of nitrogens with one attached hydrogen (secondary N) is 2. The van der Waals surface area contributed by atoms with Crippen LogP contribution in [0.25, 0.3) is 0 Å². The molecular formula is C13H16N2O3. The molecule has 1 aromatic rings. The van der Waals surface area contributed by atoms with E-state index in [4.69, 9.17) is 4.74 Å². The van der Waals surface area contributed by atoms with Crippen molar-refractivity contribution in [2.45, 2.75) is 25.8 Å². The van der Waals surface area contributed by atoms with E-state index in [1.807, 2.05) is 12.1 Å². The second-order valence-electron chi connectivity index (χ2n) is 4.13. The number of rotatable bonds is 4. The lowest BCUT2D eigenvalue weighted by Crippen LogP contribution is -2.24. The first-order valence-corrected chi connectivity index (χ1v) is 6.02. The molecule has 2 N–H and O–H groups in total. The summed E-state index contributed by atoms with van der Waals surface area (Å²) in [5.74, 6) is -0.228. The van der Waals surface area contributed by atoms with Gasteiger partial charge in [-0.3, -0.25) is 4.79 Å². The zero-order valence-corrected chi connectivity index (χ0v) is 10.2. The van der Waals surface area contributed by atoms with Crippen molar-refractivity contribution in [2.75, 3.05) is 17.2 Å². The molecule has 1 atom stereocenters. The zero-order chi connectivity index (χ0) is 13.0. The lowest BCUT2D eigenvalue weighted by atomic mass is 10.2. The van der Waals surface area contributed by atoms with Gasteiger partial charge in [-0.25, -0.2) is 4.79 Å². The fourth-order valence-corrected chi connectivity index (χ4v) is 1.73. The van der Waals surface area contributed by atoms with E-state index in [-0.39, 0.29) is 17.9 Å². The van der Waals surface area contributed by atoms with Gasteiger partial charge < -0.3 is 15.4 Å². The van der Waals surface area contributed by atoms with Crippen LogP contribution >= 0.6 is 0 Å². The Bertz CT molecular complexity index is 442. The van der Waals surface area contributed by atoms with Gasteiger partial charge in [0.05, 0.1) is 6.61 Å². The summed E-state index contributed by atoms with van der Waals surface area (Å²) in [6.07, 6.45) is 1.14. The van der Waals surface area contributed by atoms with Crippen LogP contribution in [-0.2, 0) is 14.3 Å². The number of benzene rings is 1. The van der Waals surface area contributed by atoms with Crippen LogP contribution in [0.15, 0.2) is 24.3 Å². The highest BCUT2D eigenvalue weighted by molar-refractivity contribution is 5.90. The van der Waals surface area contributed by atoms with E-state index in [9.17, 15) is 9.59 Å². The molecule has 0 unspecified atom stereocenters. The number of hydrogen-bond donors (Lipinski definition) is 2. The molecule has 5 nitrogen and oxygen atoms in total. The number of carbonyl (C=O) groups is 2. The van der Waals surface area contributed by atoms with E-state index >= 15 is 0 Å². The molecule has 1 heterocycles. The standard InChI is InChI=1S/C13H16N2O3/c1-2-12(16)15-10-5-3-9(4-6-10)14-11-7-8-18-13(11)17/h3-6,11,14H,2,7-8H2,1H3,(H,15,16)/t11-/m1/s1. The Morgan fingerprint density at radius 2 is 2.00 bits per heavy atom. The lowest BCUT2D eigenvalue weighted by Gasteiger charge is -2.11. The Balaban J connectivity index is 1.95. The number of anilines is 2. The Kier molecular flexibility index (Phi) is 3.82. The molecule has 96 valence electrons. The summed E-state index contributed by atoms with van der Waals surface area (Å²) in [5, 5.41) is 5.86. The average molecular weight is 248 g/mol. The molecule has 5 heteroatoms. The molecule has 1 amide bonds. The topological polar surface area (TPSA) is 67.4 Å². The van der Waals surface area contributed by atoms with Crippen LogP contribution in [0, 0.1) is 0 Å². The zero-order valence-electron chi connectivity index (χ0n) is 10.2. The highest BCUT2D eigenvalue weighted by atomic mass is 16.5. The van der Waals surface area contributed by atoms with Crippen LogP contribution in [0.1, 0.15) is 19.8 Å². The Morgan fingerprint density at radius 3 is 2.56 bits per heavy atom. The first-order valence-electron chi connectivity index (χ1n) is 6.02. The summed E-state index contributed by atoms with van der Waals surface area (Å²) < 4.78 is 4.87. The monoisotopic (exact) mass is 248 g/mol. The minimum atomic E-state index is -0.263. The van der Waals surface area contributed by atoms with Gasteiger partial charge in [-0.05, 0) is 24.3 Å². The third kappa shape index (κ3) is 3.00. The predicted molar refractivity (Wildman–Crippen MR) is 68.3 cm³/mol. The number of ether oxygens (including phenoxy) is 1. The summed E-state index contributed by atoms with van der Waals surface area (Å²) in [6, 6.07) is 7.00. The Morgan fingerprint density at radius 1 is 1.33 bits per heavy atom. The van der Waals surface area contributed by atoms with E-state index in [2.05, 4.69) is 10.6 Å². The predicted octanol–water partition coefficient (Wildman–Crippen LogP) is 1.76. The van der Waals surface area contributed by atoms with E-state index in [0.717, 1.165) is 11.4 Å². The van der Waals surface area contributed by atoms with E-state index in [0.29, 0.717) is 19.4 Å². The minimum absolute atomic E-state index is 0.0184. The van der Waals surface area contributed by atoms with Crippen LogP contribution in [0.2, 0.25) is 0 Å². The van der Waals surface area contributed by atoms with Gasteiger partial charge in [-0.1, -0.05) is 6.92 Å². The van der Waals surface area contributed by atoms with Crippen molar-refractivity contribution in [3.8, 4) is 0 Å². The highest BCUT2D eigenvalue weighted by Gasteiger charge is 2.25. The van der Waals surface area contributed by atoms with Crippen LogP contribution < -0.4 is 10.6 Å². The molecule has 1 aliphatic rings. The second kappa shape index (κ2) is 5.53. The van der Waals surface area contributed by atoms with Gasteiger partial charge in [-0.2, -0.15) is 0 Å². The molecule has 1 aliphatic heterocycles. The number of esters is 1. The van der Waals surface area contributed by atoms with Crippen molar-refractivity contribution in [1.29, 1.82) is 0 Å². The SMILES string of the molecule is CCC(=O)Nc1ccc(N[C@@H]2CCOC2=O)cc1. The third-order valence-electron chi connectivity index (χ3n) is 2.77. The maximum absolute atomic E-state index is 11.3. The number of hydrogen-bond acceptors (Lipinski definition) is 4. The van der Waals surface area contributed by atoms with Crippen molar-refractivity contribution in [3.05, 3.63) is 24.3 Å². The molecular weight excluding hydrogens is 232 g/mol. The number of amides is 1. The third-order valence-corrected chi connectivity index (χ3v) is 2.77. The molecule has 0 spiro atoms. The first-order chi connectivity index (χ1) is 8.69. The Hall–Kier alpha value is -2.04. The van der Waals surface area contributed by atoms with Crippen molar-refractivity contribution in [3.63, 3.8) is 0 Å². The summed E-state index contributed by atoms with van der Waals surface area (Å²) in [6.45, 7) is 2.28. The molecule has 1 saturated heterocycles. The highest BCUT2D eigenvalue weighted by Crippen LogP contribution is 2.17. The number of cyclic esters (lactones) is 1. The Labute approximate surface area is 106 Å². The molecule has 2 rings (SSSR count). The van der Waals surface area contributed by atoms with E-state index < -0.39 is 0 Å². The maximum Gasteiger partial charge on any atom is 0.328 e. The molecule has 0 aliphatic carbocycles. The van der Waals surface area contributed by atoms with Gasteiger partial charge in [0.25, 0.3) is 0 Å². The summed E-state index contributed by atoms with van der Waals surface area (Å²) >= 11 is 0. The molecule has 0 saturated carbocycles. The fraction of sp³-hybridized carbons (Fsp3) is 0.385. The van der Waals surface area contributed by atoms with Crippen molar-refractivity contribution < 1.29 is 14.3 Å². The van der Waals surface area contributed by atoms with Crippen LogP contribution in [-0.4, -0.2) is 24.5 Å². The van der Waals surface area contributed by atoms with Gasteiger partial charge in [0.15, 0.2) is 0 Å². The molecule has 1 aromatic carbocycles. The van der Waals surface area contributed by atoms with E-state index in [1.165, 1.54) is 0 Å². The minimum Gasteiger partial charge on any atom is -0.464 e. The summed E-state index contributed by atoms with van der Waals surface area (Å²) in [4.78, 5) is 22.5. The quantitative estimate of drug-likeness (QED) is 0.797. The van der Waals surface area contributed by atoms with E-state index in [1.54, 1.807) is 19.1 Å². The second-order valence-corrected chi connectivity index (χ2v) is 4.13. The van der Waals surface area contributed by atoms with Crippen molar-refractivity contribution in [2.24, 2.45) is 0 Å². The van der Waals surface area contributed by atoms with Crippen molar-refractivity contribution >= 4 is 23.3 Å².